The summed E-state index contributed by atoms with van der Waals surface area (Å²) >= 11 is 0. The lowest BCUT2D eigenvalue weighted by molar-refractivity contribution is -0.158. The molecule has 2 rings (SSSR count). The summed E-state index contributed by atoms with van der Waals surface area (Å²) in [6.07, 6.45) is 1.78. The number of piperidine rings is 1. The Bertz CT molecular complexity index is 721. The number of rotatable bonds is 8. The van der Waals surface area contributed by atoms with Crippen molar-refractivity contribution in [3.63, 3.8) is 0 Å². The van der Waals surface area contributed by atoms with Crippen LogP contribution in [0.1, 0.15) is 59.8 Å². The van der Waals surface area contributed by atoms with Gasteiger partial charge in [-0.05, 0) is 65.3 Å². The van der Waals surface area contributed by atoms with Gasteiger partial charge in [-0.3, -0.25) is 14.5 Å². The summed E-state index contributed by atoms with van der Waals surface area (Å²) in [6.45, 7) is 8.58. The highest BCUT2D eigenvalue weighted by molar-refractivity contribution is 6.02. The lowest BCUT2D eigenvalue weighted by atomic mass is 9.85. The molecule has 166 valence electrons. The van der Waals surface area contributed by atoms with Gasteiger partial charge in [-0.15, -0.1) is 0 Å². The number of hydrogen-bond donors (Lipinski definition) is 1. The summed E-state index contributed by atoms with van der Waals surface area (Å²) in [5.74, 6) is -0.852. The van der Waals surface area contributed by atoms with E-state index < -0.39 is 17.1 Å². The molecular weight excluding hydrogens is 384 g/mol. The molecule has 0 unspecified atom stereocenters. The molecule has 1 saturated heterocycles. The molecule has 0 spiro atoms. The number of hydrogen-bond acceptors (Lipinski definition) is 6. The van der Waals surface area contributed by atoms with Gasteiger partial charge in [0.1, 0.15) is 11.1 Å². The summed E-state index contributed by atoms with van der Waals surface area (Å²) in [4.78, 5) is 39.7. The minimum atomic E-state index is -1.05. The number of carbonyl (C=O) groups excluding carboxylic acids is 3. The summed E-state index contributed by atoms with van der Waals surface area (Å²) in [5.41, 5.74) is -0.896. The third-order valence-electron chi connectivity index (χ3n) is 4.98. The Labute approximate surface area is 179 Å². The van der Waals surface area contributed by atoms with E-state index in [1.165, 1.54) is 0 Å². The van der Waals surface area contributed by atoms with Crippen molar-refractivity contribution in [1.29, 1.82) is 0 Å². The van der Waals surface area contributed by atoms with Gasteiger partial charge in [-0.2, -0.15) is 0 Å². The van der Waals surface area contributed by atoms with E-state index in [4.69, 9.17) is 9.47 Å². The Morgan fingerprint density at radius 1 is 1.10 bits per heavy atom. The minimum absolute atomic E-state index is 0.107. The molecule has 1 heterocycles. The molecule has 1 N–H and O–H groups in total. The molecule has 1 fully saturated rings. The highest BCUT2D eigenvalue weighted by atomic mass is 16.6. The average Bonchev–Trinajstić information content (AvgIpc) is 2.71. The van der Waals surface area contributed by atoms with Crippen LogP contribution in [-0.2, 0) is 23.9 Å². The van der Waals surface area contributed by atoms with Gasteiger partial charge < -0.3 is 14.8 Å². The molecule has 0 atom stereocenters. The first-order chi connectivity index (χ1) is 14.2. The quantitative estimate of drug-likeness (QED) is 0.515. The number of nitrogens with one attached hydrogen (secondary N) is 1. The van der Waals surface area contributed by atoms with Crippen LogP contribution in [0.2, 0.25) is 0 Å². The Morgan fingerprint density at radius 2 is 1.73 bits per heavy atom. The normalized spacial score (nSPS) is 15.9. The van der Waals surface area contributed by atoms with Crippen LogP contribution in [-0.4, -0.2) is 48.7 Å². The number of amides is 1. The maximum atomic E-state index is 13.3. The second-order valence-corrected chi connectivity index (χ2v) is 8.53. The Balaban J connectivity index is 2.12. The molecule has 30 heavy (non-hydrogen) atoms. The van der Waals surface area contributed by atoms with E-state index in [0.29, 0.717) is 38.0 Å². The third-order valence-corrected chi connectivity index (χ3v) is 4.98. The molecule has 7 heteroatoms. The lowest BCUT2D eigenvalue weighted by Gasteiger charge is -2.44. The van der Waals surface area contributed by atoms with Gasteiger partial charge in [0.15, 0.2) is 0 Å². The summed E-state index contributed by atoms with van der Waals surface area (Å²) < 4.78 is 10.9. The standard InChI is InChI=1S/C23H34N2O5/c1-5-19(26)25(18-10-7-6-8-11-18)23(13-15-24-16-14-23)21(28)29-17-9-12-20(27)30-22(2,3)4/h6-8,10-11,24H,5,9,12-17H2,1-4H3. The maximum absolute atomic E-state index is 13.3. The van der Waals surface area contributed by atoms with Crippen molar-refractivity contribution < 1.29 is 23.9 Å². The lowest BCUT2D eigenvalue weighted by Crippen LogP contribution is -2.62. The molecular formula is C23H34N2O5. The fourth-order valence-electron chi connectivity index (χ4n) is 3.63. The molecule has 0 radical (unpaired) electrons. The monoisotopic (exact) mass is 418 g/mol. The Hall–Kier alpha value is -2.41. The van der Waals surface area contributed by atoms with Gasteiger partial charge in [0.2, 0.25) is 5.91 Å². The van der Waals surface area contributed by atoms with Crippen molar-refractivity contribution in [2.75, 3.05) is 24.6 Å². The van der Waals surface area contributed by atoms with Crippen LogP contribution in [0.3, 0.4) is 0 Å². The number of esters is 2. The van der Waals surface area contributed by atoms with Gasteiger partial charge in [-0.25, -0.2) is 4.79 Å². The first-order valence-electron chi connectivity index (χ1n) is 10.7. The van der Waals surface area contributed by atoms with Crippen LogP contribution in [0.4, 0.5) is 5.69 Å². The van der Waals surface area contributed by atoms with Crippen molar-refractivity contribution in [3.05, 3.63) is 30.3 Å². The predicted octanol–water partition coefficient (Wildman–Crippen LogP) is 3.22. The summed E-state index contributed by atoms with van der Waals surface area (Å²) in [7, 11) is 0. The molecule has 0 aliphatic carbocycles. The smallest absolute Gasteiger partial charge is 0.332 e. The average molecular weight is 419 g/mol. The second kappa shape index (κ2) is 10.6. The van der Waals surface area contributed by atoms with E-state index in [2.05, 4.69) is 5.32 Å². The number of nitrogens with zero attached hydrogens (tertiary/aromatic N) is 1. The van der Waals surface area contributed by atoms with Gasteiger partial charge >= 0.3 is 11.9 Å². The molecule has 1 aliphatic rings. The van der Waals surface area contributed by atoms with E-state index in [1.807, 2.05) is 51.1 Å². The van der Waals surface area contributed by atoms with Crippen LogP contribution in [0.15, 0.2) is 30.3 Å². The predicted molar refractivity (Wildman–Crippen MR) is 115 cm³/mol. The molecule has 7 nitrogen and oxygen atoms in total. The zero-order chi connectivity index (χ0) is 22.2. The highest BCUT2D eigenvalue weighted by Crippen LogP contribution is 2.33. The van der Waals surface area contributed by atoms with E-state index in [-0.39, 0.29) is 31.3 Å². The van der Waals surface area contributed by atoms with E-state index >= 15 is 0 Å². The number of anilines is 1. The largest absolute Gasteiger partial charge is 0.464 e. The topological polar surface area (TPSA) is 84.9 Å². The zero-order valence-electron chi connectivity index (χ0n) is 18.5. The van der Waals surface area contributed by atoms with E-state index in [9.17, 15) is 14.4 Å². The fraction of sp³-hybridized carbons (Fsp3) is 0.609. The summed E-state index contributed by atoms with van der Waals surface area (Å²) in [5, 5.41) is 3.25. The van der Waals surface area contributed by atoms with Gasteiger partial charge in [0.05, 0.1) is 6.61 Å². The first-order valence-corrected chi connectivity index (χ1v) is 10.7. The Morgan fingerprint density at radius 3 is 2.30 bits per heavy atom. The molecule has 1 aliphatic heterocycles. The van der Waals surface area contributed by atoms with Gasteiger partial charge in [-0.1, -0.05) is 25.1 Å². The van der Waals surface area contributed by atoms with Crippen LogP contribution >= 0.6 is 0 Å². The molecule has 0 aromatic heterocycles. The van der Waals surface area contributed by atoms with Crippen LogP contribution in [0, 0.1) is 0 Å². The first kappa shape index (κ1) is 23.9. The molecule has 1 aromatic carbocycles. The maximum Gasteiger partial charge on any atom is 0.332 e. The van der Waals surface area contributed by atoms with Crippen LogP contribution < -0.4 is 10.2 Å². The van der Waals surface area contributed by atoms with Crippen LogP contribution in [0.5, 0.6) is 0 Å². The van der Waals surface area contributed by atoms with Gasteiger partial charge in [0, 0.05) is 18.5 Å². The highest BCUT2D eigenvalue weighted by Gasteiger charge is 2.48. The number of ether oxygens (including phenoxy) is 2. The number of para-hydroxylation sites is 1. The van der Waals surface area contributed by atoms with Crippen molar-refractivity contribution in [1.82, 2.24) is 5.32 Å². The fourth-order valence-corrected chi connectivity index (χ4v) is 3.63. The van der Waals surface area contributed by atoms with Crippen molar-refractivity contribution in [2.24, 2.45) is 0 Å². The summed E-state index contributed by atoms with van der Waals surface area (Å²) in [6, 6.07) is 9.26. The van der Waals surface area contributed by atoms with Crippen molar-refractivity contribution in [2.45, 2.75) is 70.9 Å². The number of carbonyl (C=O) groups is 3. The molecule has 0 bridgehead atoms. The van der Waals surface area contributed by atoms with Gasteiger partial charge in [0.25, 0.3) is 0 Å². The zero-order valence-corrected chi connectivity index (χ0v) is 18.5. The SMILES string of the molecule is CCC(=O)N(c1ccccc1)C1(C(=O)OCCCC(=O)OC(C)(C)C)CCNCC1. The third kappa shape index (κ3) is 6.29. The minimum Gasteiger partial charge on any atom is -0.464 e. The van der Waals surface area contributed by atoms with E-state index in [1.54, 1.807) is 11.8 Å². The number of benzene rings is 1. The van der Waals surface area contributed by atoms with Crippen molar-refractivity contribution >= 4 is 23.5 Å². The molecule has 1 aromatic rings. The molecule has 1 amide bonds. The molecule has 0 saturated carbocycles. The second-order valence-electron chi connectivity index (χ2n) is 8.53. The Kier molecular flexibility index (Phi) is 8.41. The van der Waals surface area contributed by atoms with E-state index in [0.717, 1.165) is 0 Å². The van der Waals surface area contributed by atoms with Crippen molar-refractivity contribution in [3.8, 4) is 0 Å². The van der Waals surface area contributed by atoms with Crippen LogP contribution in [0.25, 0.3) is 0 Å².